The predicted molar refractivity (Wildman–Crippen MR) is 165 cm³/mol. The Labute approximate surface area is 248 Å². The molecule has 0 aliphatic carbocycles. The average molecular weight is 593 g/mol. The van der Waals surface area contributed by atoms with Crippen LogP contribution in [0, 0.1) is 11.8 Å². The molecule has 3 aliphatic heterocycles. The van der Waals surface area contributed by atoms with Crippen LogP contribution < -0.4 is 15.4 Å². The number of hydrogen-bond acceptors (Lipinski definition) is 8. The largest absolute Gasteiger partial charge is 0.495 e. The van der Waals surface area contributed by atoms with Gasteiger partial charge in [-0.2, -0.15) is 0 Å². The summed E-state index contributed by atoms with van der Waals surface area (Å²) in [6, 6.07) is 14.6. The number of anilines is 2. The lowest BCUT2D eigenvalue weighted by Crippen LogP contribution is -2.46. The molecule has 3 aliphatic rings. The highest BCUT2D eigenvalue weighted by molar-refractivity contribution is 7.90. The first-order chi connectivity index (χ1) is 20.4. The lowest BCUT2D eigenvalue weighted by Gasteiger charge is -2.39. The molecule has 1 atom stereocenters. The van der Waals surface area contributed by atoms with Gasteiger partial charge >= 0.3 is 0 Å². The summed E-state index contributed by atoms with van der Waals surface area (Å²) in [6.07, 6.45) is 5.98. The molecule has 0 amide bonds. The Morgan fingerprint density at radius 2 is 1.83 bits per heavy atom. The molecule has 3 fully saturated rings. The maximum absolute atomic E-state index is 11.9. The molecule has 4 heterocycles. The molecule has 0 bridgehead atoms. The van der Waals surface area contributed by atoms with Crippen LogP contribution in [0.5, 0.6) is 5.75 Å². The Hall–Kier alpha value is -3.23. The summed E-state index contributed by atoms with van der Waals surface area (Å²) >= 11 is 0. The van der Waals surface area contributed by atoms with Crippen LogP contribution >= 0.6 is 0 Å². The van der Waals surface area contributed by atoms with Gasteiger partial charge in [0.05, 0.1) is 54.7 Å². The van der Waals surface area contributed by atoms with Gasteiger partial charge in [0.15, 0.2) is 9.84 Å². The maximum Gasteiger partial charge on any atom is 0.175 e. The fourth-order valence-electron chi connectivity index (χ4n) is 6.09. The van der Waals surface area contributed by atoms with E-state index in [1.807, 2.05) is 0 Å². The second-order valence-corrected chi connectivity index (χ2v) is 13.4. The number of ether oxygens (including phenoxy) is 3. The van der Waals surface area contributed by atoms with E-state index in [-0.39, 0.29) is 11.0 Å². The monoisotopic (exact) mass is 592 g/mol. The Morgan fingerprint density at radius 3 is 2.55 bits per heavy atom. The first-order valence-corrected chi connectivity index (χ1v) is 16.7. The zero-order chi connectivity index (χ0) is 29.1. The standard InChI is InChI=1S/C32H40N4O5S/c1-39-32-20-27(42(2,37)38)8-9-30(32)33-14-4-5-25-19-28-29(6-3-7-31(28)36(25)21-26-22-41-26)34-23-10-15-35(16-11-23)24-12-17-40-18-13-24/h3,6-9,19-20,23-24,26,33-34H,10-18,21-22H2,1-2H3. The molecular weight excluding hydrogens is 552 g/mol. The Morgan fingerprint density at radius 1 is 1.05 bits per heavy atom. The van der Waals surface area contributed by atoms with Gasteiger partial charge in [0.2, 0.25) is 0 Å². The van der Waals surface area contributed by atoms with Gasteiger partial charge in [0.1, 0.15) is 5.75 Å². The number of piperidine rings is 1. The zero-order valence-corrected chi connectivity index (χ0v) is 25.2. The minimum atomic E-state index is -3.32. The summed E-state index contributed by atoms with van der Waals surface area (Å²) < 4.78 is 42.6. The van der Waals surface area contributed by atoms with E-state index in [0.29, 0.717) is 30.1 Å². The molecule has 2 aromatic carbocycles. The zero-order valence-electron chi connectivity index (χ0n) is 24.4. The first kappa shape index (κ1) is 28.9. The molecule has 9 nitrogen and oxygen atoms in total. The minimum Gasteiger partial charge on any atom is -0.495 e. The summed E-state index contributed by atoms with van der Waals surface area (Å²) in [7, 11) is -1.79. The fraction of sp³-hybridized carbons (Fsp3) is 0.500. The van der Waals surface area contributed by atoms with Gasteiger partial charge in [-0.15, -0.1) is 0 Å². The van der Waals surface area contributed by atoms with Crippen LogP contribution in [0.3, 0.4) is 0 Å². The van der Waals surface area contributed by atoms with E-state index in [9.17, 15) is 8.42 Å². The average Bonchev–Trinajstić information content (AvgIpc) is 3.76. The number of methoxy groups -OCH3 is 1. The van der Waals surface area contributed by atoms with E-state index in [1.165, 1.54) is 24.8 Å². The summed E-state index contributed by atoms with van der Waals surface area (Å²) in [5, 5.41) is 8.30. The van der Waals surface area contributed by atoms with Crippen molar-refractivity contribution >= 4 is 32.1 Å². The van der Waals surface area contributed by atoms with E-state index in [4.69, 9.17) is 14.2 Å². The third kappa shape index (κ3) is 6.70. The maximum atomic E-state index is 11.9. The second-order valence-electron chi connectivity index (χ2n) is 11.4. The first-order valence-electron chi connectivity index (χ1n) is 14.8. The number of likely N-dealkylation sites (tertiary alicyclic amines) is 1. The van der Waals surface area contributed by atoms with Crippen LogP contribution in [0.25, 0.3) is 10.9 Å². The number of rotatable bonds is 9. The molecule has 1 unspecified atom stereocenters. The van der Waals surface area contributed by atoms with Crippen molar-refractivity contribution < 1.29 is 22.6 Å². The minimum absolute atomic E-state index is 0.220. The SMILES string of the molecule is COc1cc(S(C)(=O)=O)ccc1NCC#Cc1cc2c(NC3CCN(C4CCOCC4)CC3)cccc2n1CC1CO1. The third-order valence-corrected chi connectivity index (χ3v) is 9.63. The molecule has 2 N–H and O–H groups in total. The molecule has 0 saturated carbocycles. The number of epoxide rings is 1. The molecule has 224 valence electrons. The van der Waals surface area contributed by atoms with Crippen molar-refractivity contribution in [2.75, 3.05) is 63.5 Å². The van der Waals surface area contributed by atoms with Gasteiger partial charge < -0.3 is 34.3 Å². The van der Waals surface area contributed by atoms with Gasteiger partial charge in [-0.1, -0.05) is 12.0 Å². The van der Waals surface area contributed by atoms with Crippen molar-refractivity contribution in [1.82, 2.24) is 9.47 Å². The molecule has 10 heteroatoms. The van der Waals surface area contributed by atoms with Crippen LogP contribution in [0.2, 0.25) is 0 Å². The number of fused-ring (bicyclic) bond motifs is 1. The molecule has 3 saturated heterocycles. The van der Waals surface area contributed by atoms with Crippen LogP contribution in [-0.4, -0.2) is 88.9 Å². The summed E-state index contributed by atoms with van der Waals surface area (Å²) in [6.45, 7) is 5.97. The summed E-state index contributed by atoms with van der Waals surface area (Å²) in [5.74, 6) is 7.08. The van der Waals surface area contributed by atoms with Crippen LogP contribution in [-0.2, 0) is 25.9 Å². The summed E-state index contributed by atoms with van der Waals surface area (Å²) in [4.78, 5) is 2.88. The molecule has 42 heavy (non-hydrogen) atoms. The number of nitrogens with zero attached hydrogens (tertiary/aromatic N) is 2. The molecule has 3 aromatic rings. The van der Waals surface area contributed by atoms with Crippen LogP contribution in [0.4, 0.5) is 11.4 Å². The highest BCUT2D eigenvalue weighted by Crippen LogP contribution is 2.31. The number of nitrogens with one attached hydrogen (secondary N) is 2. The number of sulfone groups is 1. The van der Waals surface area contributed by atoms with Crippen LogP contribution in [0.1, 0.15) is 31.4 Å². The highest BCUT2D eigenvalue weighted by atomic mass is 32.2. The van der Waals surface area contributed by atoms with Crippen molar-refractivity contribution in [2.45, 2.75) is 55.3 Å². The van der Waals surface area contributed by atoms with E-state index in [1.54, 1.807) is 12.1 Å². The topological polar surface area (TPSA) is 97.4 Å². The molecule has 1 aromatic heterocycles. The van der Waals surface area contributed by atoms with Gasteiger partial charge in [-0.25, -0.2) is 8.42 Å². The number of benzene rings is 2. The normalized spacial score (nSPS) is 20.2. The van der Waals surface area contributed by atoms with Gasteiger partial charge in [0.25, 0.3) is 0 Å². The molecule has 0 spiro atoms. The Balaban J connectivity index is 1.16. The molecule has 0 radical (unpaired) electrons. The lowest BCUT2D eigenvalue weighted by molar-refractivity contribution is 0.0262. The van der Waals surface area contributed by atoms with Gasteiger partial charge in [-0.3, -0.25) is 0 Å². The highest BCUT2D eigenvalue weighted by Gasteiger charge is 2.28. The van der Waals surface area contributed by atoms with Crippen molar-refractivity contribution in [3.05, 3.63) is 48.2 Å². The van der Waals surface area contributed by atoms with E-state index < -0.39 is 9.84 Å². The summed E-state index contributed by atoms with van der Waals surface area (Å²) in [5.41, 5.74) is 3.96. The second kappa shape index (κ2) is 12.6. The third-order valence-electron chi connectivity index (χ3n) is 8.52. The smallest absolute Gasteiger partial charge is 0.175 e. The Kier molecular flexibility index (Phi) is 8.63. The predicted octanol–water partition coefficient (Wildman–Crippen LogP) is 3.97. The quantitative estimate of drug-likeness (QED) is 0.285. The lowest BCUT2D eigenvalue weighted by atomic mass is 9.99. The molecular formula is C32H40N4O5S. The van der Waals surface area contributed by atoms with E-state index in [0.717, 1.165) is 82.0 Å². The number of hydrogen-bond donors (Lipinski definition) is 2. The molecule has 6 rings (SSSR count). The van der Waals surface area contributed by atoms with Crippen molar-refractivity contribution in [3.8, 4) is 17.6 Å². The Bertz CT molecular complexity index is 1570. The fourth-order valence-corrected chi connectivity index (χ4v) is 6.73. The number of aromatic nitrogens is 1. The van der Waals surface area contributed by atoms with Crippen LogP contribution in [0.15, 0.2) is 47.4 Å². The van der Waals surface area contributed by atoms with E-state index >= 15 is 0 Å². The van der Waals surface area contributed by atoms with Crippen molar-refractivity contribution in [1.29, 1.82) is 0 Å². The van der Waals surface area contributed by atoms with E-state index in [2.05, 4.69) is 56.2 Å². The van der Waals surface area contributed by atoms with Gasteiger partial charge in [0, 0.05) is 61.8 Å². The van der Waals surface area contributed by atoms with Crippen molar-refractivity contribution in [3.63, 3.8) is 0 Å². The van der Waals surface area contributed by atoms with Crippen molar-refractivity contribution in [2.24, 2.45) is 0 Å². The van der Waals surface area contributed by atoms with Gasteiger partial charge in [-0.05, 0) is 61.9 Å².